The van der Waals surface area contributed by atoms with E-state index in [1.807, 2.05) is 6.07 Å². The average molecular weight is 343 g/mol. The van der Waals surface area contributed by atoms with Gasteiger partial charge in [0.05, 0.1) is 38.1 Å². The van der Waals surface area contributed by atoms with Crippen LogP contribution in [0.25, 0.3) is 0 Å². The monoisotopic (exact) mass is 343 g/mol. The third kappa shape index (κ3) is 4.60. The van der Waals surface area contributed by atoms with Gasteiger partial charge in [-0.15, -0.1) is 0 Å². The largest absolute Gasteiger partial charge is 0.467 e. The predicted molar refractivity (Wildman–Crippen MR) is 92.2 cm³/mol. The van der Waals surface area contributed by atoms with Gasteiger partial charge in [-0.1, -0.05) is 12.1 Å². The van der Waals surface area contributed by atoms with Crippen LogP contribution in [0, 0.1) is 0 Å². The van der Waals surface area contributed by atoms with Crippen LogP contribution in [0.15, 0.2) is 47.1 Å². The van der Waals surface area contributed by atoms with Crippen LogP contribution >= 0.6 is 0 Å². The molecule has 0 spiro atoms. The highest BCUT2D eigenvalue weighted by atomic mass is 16.5. The summed E-state index contributed by atoms with van der Waals surface area (Å²) in [6.07, 6.45) is 1.56. The first-order chi connectivity index (χ1) is 12.2. The minimum absolute atomic E-state index is 0.00547. The Morgan fingerprint density at radius 1 is 1.08 bits per heavy atom. The van der Waals surface area contributed by atoms with E-state index in [0.717, 1.165) is 0 Å². The molecule has 1 fully saturated rings. The summed E-state index contributed by atoms with van der Waals surface area (Å²) in [5, 5.41) is 5.88. The Hall–Kier alpha value is -2.80. The molecule has 0 aliphatic carbocycles. The van der Waals surface area contributed by atoms with E-state index in [1.54, 1.807) is 41.5 Å². The van der Waals surface area contributed by atoms with Crippen LogP contribution in [0.3, 0.4) is 0 Å². The van der Waals surface area contributed by atoms with Gasteiger partial charge in [0.1, 0.15) is 5.76 Å². The molecule has 132 valence electrons. The van der Waals surface area contributed by atoms with Crippen molar-refractivity contribution in [1.82, 2.24) is 10.2 Å². The van der Waals surface area contributed by atoms with E-state index in [1.165, 1.54) is 0 Å². The summed E-state index contributed by atoms with van der Waals surface area (Å²) in [4.78, 5) is 26.4. The Kier molecular flexibility index (Phi) is 5.69. The van der Waals surface area contributed by atoms with Crippen LogP contribution in [-0.2, 0) is 16.1 Å². The predicted octanol–water partition coefficient (Wildman–Crippen LogP) is 1.48. The van der Waals surface area contributed by atoms with Crippen LogP contribution in [0.2, 0.25) is 0 Å². The van der Waals surface area contributed by atoms with Crippen molar-refractivity contribution in [2.24, 2.45) is 0 Å². The number of nitrogens with zero attached hydrogens (tertiary/aromatic N) is 1. The molecule has 1 saturated heterocycles. The van der Waals surface area contributed by atoms with Crippen LogP contribution in [-0.4, -0.2) is 49.6 Å². The number of benzene rings is 1. The molecule has 1 aliphatic rings. The van der Waals surface area contributed by atoms with Crippen molar-refractivity contribution >= 4 is 17.5 Å². The van der Waals surface area contributed by atoms with E-state index in [2.05, 4.69) is 10.6 Å². The van der Waals surface area contributed by atoms with Crippen LogP contribution in [0.1, 0.15) is 16.1 Å². The average Bonchev–Trinajstić information content (AvgIpc) is 3.19. The van der Waals surface area contributed by atoms with Gasteiger partial charge in [-0.2, -0.15) is 0 Å². The molecule has 0 unspecified atom stereocenters. The maximum atomic E-state index is 12.4. The summed E-state index contributed by atoms with van der Waals surface area (Å²) in [6, 6.07) is 10.7. The molecule has 0 radical (unpaired) electrons. The number of ether oxygens (including phenoxy) is 1. The van der Waals surface area contributed by atoms with Gasteiger partial charge in [0.15, 0.2) is 0 Å². The number of anilines is 1. The van der Waals surface area contributed by atoms with E-state index in [-0.39, 0.29) is 18.4 Å². The molecule has 7 nitrogen and oxygen atoms in total. The SMILES string of the molecule is O=C(NCc1ccco1)c1ccccc1NCC(=O)N1CCOCC1. The molecule has 25 heavy (non-hydrogen) atoms. The number of amides is 2. The van der Waals surface area contributed by atoms with Crippen LogP contribution in [0.4, 0.5) is 5.69 Å². The Balaban J connectivity index is 1.58. The summed E-state index contributed by atoms with van der Waals surface area (Å²) in [5.74, 6) is 0.453. The first kappa shape index (κ1) is 17.0. The topological polar surface area (TPSA) is 83.8 Å². The molecule has 0 atom stereocenters. The highest BCUT2D eigenvalue weighted by Gasteiger charge is 2.17. The maximum absolute atomic E-state index is 12.4. The quantitative estimate of drug-likeness (QED) is 0.830. The van der Waals surface area contributed by atoms with Crippen molar-refractivity contribution in [3.8, 4) is 0 Å². The number of para-hydroxylation sites is 1. The smallest absolute Gasteiger partial charge is 0.253 e. The second-order valence-corrected chi connectivity index (χ2v) is 5.65. The van der Waals surface area contributed by atoms with E-state index < -0.39 is 0 Å². The molecule has 0 saturated carbocycles. The minimum Gasteiger partial charge on any atom is -0.467 e. The van der Waals surface area contributed by atoms with E-state index in [0.29, 0.717) is 49.9 Å². The van der Waals surface area contributed by atoms with Crippen LogP contribution in [0.5, 0.6) is 0 Å². The van der Waals surface area contributed by atoms with E-state index in [9.17, 15) is 9.59 Å². The molecule has 2 N–H and O–H groups in total. The fourth-order valence-electron chi connectivity index (χ4n) is 2.61. The third-order valence-corrected chi connectivity index (χ3v) is 3.97. The first-order valence-corrected chi connectivity index (χ1v) is 8.23. The standard InChI is InChI=1S/C18H21N3O4/c22-17(21-7-10-24-11-8-21)13-19-16-6-2-1-5-15(16)18(23)20-12-14-4-3-9-25-14/h1-6,9,19H,7-8,10-13H2,(H,20,23). The molecule has 1 aromatic heterocycles. The molecule has 2 heterocycles. The normalized spacial score (nSPS) is 14.2. The summed E-state index contributed by atoms with van der Waals surface area (Å²) in [7, 11) is 0. The molecule has 3 rings (SSSR count). The van der Waals surface area contributed by atoms with Crippen molar-refractivity contribution in [3.63, 3.8) is 0 Å². The zero-order chi connectivity index (χ0) is 17.5. The third-order valence-electron chi connectivity index (χ3n) is 3.97. The molecule has 0 bridgehead atoms. The summed E-state index contributed by atoms with van der Waals surface area (Å²) in [5.41, 5.74) is 1.12. The van der Waals surface area contributed by atoms with Gasteiger partial charge in [-0.25, -0.2) is 0 Å². The van der Waals surface area contributed by atoms with Gasteiger partial charge in [-0.05, 0) is 24.3 Å². The van der Waals surface area contributed by atoms with Gasteiger partial charge < -0.3 is 24.7 Å². The minimum atomic E-state index is -0.224. The number of carbonyl (C=O) groups excluding carboxylic acids is 2. The second-order valence-electron chi connectivity index (χ2n) is 5.65. The lowest BCUT2D eigenvalue weighted by atomic mass is 10.1. The fourth-order valence-corrected chi connectivity index (χ4v) is 2.61. The number of hydrogen-bond donors (Lipinski definition) is 2. The number of rotatable bonds is 6. The molecule has 1 aromatic carbocycles. The van der Waals surface area contributed by atoms with E-state index in [4.69, 9.17) is 9.15 Å². The lowest BCUT2D eigenvalue weighted by molar-refractivity contribution is -0.133. The van der Waals surface area contributed by atoms with Crippen LogP contribution < -0.4 is 10.6 Å². The zero-order valence-corrected chi connectivity index (χ0v) is 13.9. The molecule has 2 amide bonds. The Morgan fingerprint density at radius 2 is 1.88 bits per heavy atom. The molecular formula is C18H21N3O4. The molecule has 2 aromatic rings. The number of hydrogen-bond acceptors (Lipinski definition) is 5. The van der Waals surface area contributed by atoms with Gasteiger partial charge in [0, 0.05) is 18.8 Å². The van der Waals surface area contributed by atoms with Gasteiger partial charge in [0.2, 0.25) is 5.91 Å². The molecular weight excluding hydrogens is 322 g/mol. The van der Waals surface area contributed by atoms with Gasteiger partial charge >= 0.3 is 0 Å². The van der Waals surface area contributed by atoms with Crippen molar-refractivity contribution in [2.45, 2.75) is 6.54 Å². The number of furan rings is 1. The van der Waals surface area contributed by atoms with Gasteiger partial charge in [0.25, 0.3) is 5.91 Å². The maximum Gasteiger partial charge on any atom is 0.253 e. The van der Waals surface area contributed by atoms with Crippen molar-refractivity contribution < 1.29 is 18.7 Å². The number of nitrogens with one attached hydrogen (secondary N) is 2. The molecule has 1 aliphatic heterocycles. The number of morpholine rings is 1. The van der Waals surface area contributed by atoms with E-state index >= 15 is 0 Å². The molecule has 7 heteroatoms. The van der Waals surface area contributed by atoms with Crippen molar-refractivity contribution in [2.75, 3.05) is 38.2 Å². The fraction of sp³-hybridized carbons (Fsp3) is 0.333. The Labute approximate surface area is 145 Å². The summed E-state index contributed by atoms with van der Waals surface area (Å²) < 4.78 is 10.5. The highest BCUT2D eigenvalue weighted by Crippen LogP contribution is 2.15. The van der Waals surface area contributed by atoms with Crippen molar-refractivity contribution in [1.29, 1.82) is 0 Å². The summed E-state index contributed by atoms with van der Waals surface area (Å²) >= 11 is 0. The zero-order valence-electron chi connectivity index (χ0n) is 13.9. The van der Waals surface area contributed by atoms with Crippen molar-refractivity contribution in [3.05, 3.63) is 54.0 Å². The lowest BCUT2D eigenvalue weighted by Crippen LogP contribution is -2.43. The first-order valence-electron chi connectivity index (χ1n) is 8.23. The summed E-state index contributed by atoms with van der Waals surface area (Å²) in [6.45, 7) is 2.79. The van der Waals surface area contributed by atoms with Gasteiger partial charge in [-0.3, -0.25) is 9.59 Å². The Bertz CT molecular complexity index is 709. The number of carbonyl (C=O) groups is 2. The Morgan fingerprint density at radius 3 is 2.64 bits per heavy atom. The second kappa shape index (κ2) is 8.34. The highest BCUT2D eigenvalue weighted by molar-refractivity contribution is 6.00. The lowest BCUT2D eigenvalue weighted by Gasteiger charge is -2.27.